The van der Waals surface area contributed by atoms with Gasteiger partial charge in [0.1, 0.15) is 11.7 Å². The maximum Gasteiger partial charge on any atom is 0.270 e. The maximum absolute atomic E-state index is 12.2. The summed E-state index contributed by atoms with van der Waals surface area (Å²) >= 11 is 0. The lowest BCUT2D eigenvalue weighted by molar-refractivity contribution is -0.133. The SMILES string of the molecule is CC(NC(=O)c1ccccn1)C(=O)N1CCCCC1. The van der Waals surface area contributed by atoms with Crippen LogP contribution >= 0.6 is 0 Å². The Kier molecular flexibility index (Phi) is 4.49. The smallest absolute Gasteiger partial charge is 0.270 e. The van der Waals surface area contributed by atoms with Gasteiger partial charge >= 0.3 is 0 Å². The van der Waals surface area contributed by atoms with Crippen LogP contribution in [0, 0.1) is 0 Å². The maximum atomic E-state index is 12.2. The summed E-state index contributed by atoms with van der Waals surface area (Å²) in [5.74, 6) is -0.317. The number of piperidine rings is 1. The first-order valence-electron chi connectivity index (χ1n) is 6.69. The molecule has 102 valence electrons. The third-order valence-electron chi connectivity index (χ3n) is 3.28. The van der Waals surface area contributed by atoms with Gasteiger partial charge in [-0.3, -0.25) is 14.6 Å². The molecule has 2 rings (SSSR count). The molecule has 0 saturated carbocycles. The molecule has 1 fully saturated rings. The Balaban J connectivity index is 1.91. The van der Waals surface area contributed by atoms with E-state index in [1.54, 1.807) is 31.3 Å². The van der Waals surface area contributed by atoms with Crippen molar-refractivity contribution in [3.8, 4) is 0 Å². The van der Waals surface area contributed by atoms with Crippen molar-refractivity contribution in [2.75, 3.05) is 13.1 Å². The van der Waals surface area contributed by atoms with Crippen LogP contribution in [0.1, 0.15) is 36.7 Å². The molecular formula is C14H19N3O2. The number of nitrogens with zero attached hydrogens (tertiary/aromatic N) is 2. The van der Waals surface area contributed by atoms with E-state index in [2.05, 4.69) is 10.3 Å². The zero-order chi connectivity index (χ0) is 13.7. The van der Waals surface area contributed by atoms with Crippen LogP contribution in [0.15, 0.2) is 24.4 Å². The first-order valence-corrected chi connectivity index (χ1v) is 6.69. The molecule has 1 aromatic rings. The first kappa shape index (κ1) is 13.5. The number of carbonyl (C=O) groups is 2. The molecule has 1 aliphatic rings. The summed E-state index contributed by atoms with van der Waals surface area (Å²) in [6, 6.07) is 4.62. The second kappa shape index (κ2) is 6.31. The van der Waals surface area contributed by atoms with E-state index >= 15 is 0 Å². The van der Waals surface area contributed by atoms with E-state index in [1.165, 1.54) is 6.42 Å². The van der Waals surface area contributed by atoms with Gasteiger partial charge < -0.3 is 10.2 Å². The molecule has 0 bridgehead atoms. The van der Waals surface area contributed by atoms with Crippen LogP contribution in [0.2, 0.25) is 0 Å². The lowest BCUT2D eigenvalue weighted by Crippen LogP contribution is -2.48. The molecule has 0 spiro atoms. The number of hydrogen-bond donors (Lipinski definition) is 1. The van der Waals surface area contributed by atoms with E-state index in [-0.39, 0.29) is 11.8 Å². The molecule has 5 heteroatoms. The van der Waals surface area contributed by atoms with Crippen LogP contribution in [-0.4, -0.2) is 40.8 Å². The number of pyridine rings is 1. The number of likely N-dealkylation sites (tertiary alicyclic amines) is 1. The lowest BCUT2D eigenvalue weighted by Gasteiger charge is -2.29. The minimum absolute atomic E-state index is 0.0102. The molecular weight excluding hydrogens is 242 g/mol. The van der Waals surface area contributed by atoms with Crippen molar-refractivity contribution in [1.82, 2.24) is 15.2 Å². The summed E-state index contributed by atoms with van der Waals surface area (Å²) in [5.41, 5.74) is 0.334. The highest BCUT2D eigenvalue weighted by molar-refractivity contribution is 5.95. The Hall–Kier alpha value is -1.91. The number of aromatic nitrogens is 1. The fraction of sp³-hybridized carbons (Fsp3) is 0.500. The number of nitrogens with one attached hydrogen (secondary N) is 1. The summed E-state index contributed by atoms with van der Waals surface area (Å²) < 4.78 is 0. The van der Waals surface area contributed by atoms with E-state index in [0.29, 0.717) is 5.69 Å². The molecule has 0 aromatic carbocycles. The second-order valence-corrected chi connectivity index (χ2v) is 4.80. The second-order valence-electron chi connectivity index (χ2n) is 4.80. The molecule has 1 N–H and O–H groups in total. The van der Waals surface area contributed by atoms with Crippen molar-refractivity contribution in [3.63, 3.8) is 0 Å². The van der Waals surface area contributed by atoms with Crippen molar-refractivity contribution < 1.29 is 9.59 Å². The Bertz CT molecular complexity index is 441. The lowest BCUT2D eigenvalue weighted by atomic mass is 10.1. The van der Waals surface area contributed by atoms with Crippen LogP contribution in [0.3, 0.4) is 0 Å². The zero-order valence-electron chi connectivity index (χ0n) is 11.1. The number of rotatable bonds is 3. The third kappa shape index (κ3) is 3.53. The van der Waals surface area contributed by atoms with Crippen molar-refractivity contribution in [2.45, 2.75) is 32.2 Å². The van der Waals surface area contributed by atoms with Crippen molar-refractivity contribution in [1.29, 1.82) is 0 Å². The van der Waals surface area contributed by atoms with Crippen molar-refractivity contribution >= 4 is 11.8 Å². The number of amides is 2. The number of carbonyl (C=O) groups excluding carboxylic acids is 2. The molecule has 1 atom stereocenters. The summed E-state index contributed by atoms with van der Waals surface area (Å²) in [4.78, 5) is 29.8. The van der Waals surface area contributed by atoms with Crippen molar-refractivity contribution in [2.24, 2.45) is 0 Å². The highest BCUT2D eigenvalue weighted by Crippen LogP contribution is 2.10. The molecule has 1 unspecified atom stereocenters. The summed E-state index contributed by atoms with van der Waals surface area (Å²) in [5, 5.41) is 2.70. The van der Waals surface area contributed by atoms with Crippen LogP contribution in [-0.2, 0) is 4.79 Å². The fourth-order valence-electron chi connectivity index (χ4n) is 2.22. The van der Waals surface area contributed by atoms with Gasteiger partial charge in [-0.05, 0) is 38.3 Å². The average molecular weight is 261 g/mol. The minimum atomic E-state index is -0.507. The Morgan fingerprint density at radius 2 is 2.00 bits per heavy atom. The van der Waals surface area contributed by atoms with E-state index in [1.807, 2.05) is 4.90 Å². The Labute approximate surface area is 113 Å². The van der Waals surface area contributed by atoms with Gasteiger partial charge in [-0.1, -0.05) is 6.07 Å². The molecule has 1 aliphatic heterocycles. The molecule has 1 aromatic heterocycles. The van der Waals surface area contributed by atoms with Gasteiger partial charge in [0.25, 0.3) is 5.91 Å². The molecule has 0 radical (unpaired) electrons. The normalized spacial score (nSPS) is 16.8. The minimum Gasteiger partial charge on any atom is -0.341 e. The highest BCUT2D eigenvalue weighted by Gasteiger charge is 2.23. The molecule has 2 heterocycles. The predicted octanol–water partition coefficient (Wildman–Crippen LogP) is 1.21. The summed E-state index contributed by atoms with van der Waals surface area (Å²) in [6.45, 7) is 3.31. The summed E-state index contributed by atoms with van der Waals surface area (Å²) in [7, 11) is 0. The van der Waals surface area contributed by atoms with Gasteiger partial charge in [-0.15, -0.1) is 0 Å². The molecule has 1 saturated heterocycles. The van der Waals surface area contributed by atoms with Crippen molar-refractivity contribution in [3.05, 3.63) is 30.1 Å². The standard InChI is InChI=1S/C14H19N3O2/c1-11(14(19)17-9-5-2-6-10-17)16-13(18)12-7-3-4-8-15-12/h3-4,7-8,11H,2,5-6,9-10H2,1H3,(H,16,18). The van der Waals surface area contributed by atoms with Crippen LogP contribution < -0.4 is 5.32 Å². The van der Waals surface area contributed by atoms with E-state index < -0.39 is 6.04 Å². The number of hydrogen-bond acceptors (Lipinski definition) is 3. The predicted molar refractivity (Wildman–Crippen MR) is 71.6 cm³/mol. The average Bonchev–Trinajstić information content (AvgIpc) is 2.48. The zero-order valence-corrected chi connectivity index (χ0v) is 11.1. The fourth-order valence-corrected chi connectivity index (χ4v) is 2.22. The third-order valence-corrected chi connectivity index (χ3v) is 3.28. The Morgan fingerprint density at radius 1 is 1.26 bits per heavy atom. The topological polar surface area (TPSA) is 62.3 Å². The van der Waals surface area contributed by atoms with Gasteiger partial charge in [-0.25, -0.2) is 0 Å². The summed E-state index contributed by atoms with van der Waals surface area (Å²) in [6.07, 6.45) is 4.84. The monoisotopic (exact) mass is 261 g/mol. The quantitative estimate of drug-likeness (QED) is 0.889. The largest absolute Gasteiger partial charge is 0.341 e. The van der Waals surface area contributed by atoms with Crippen LogP contribution in [0.4, 0.5) is 0 Å². The van der Waals surface area contributed by atoms with E-state index in [0.717, 1.165) is 25.9 Å². The van der Waals surface area contributed by atoms with Gasteiger partial charge in [-0.2, -0.15) is 0 Å². The molecule has 19 heavy (non-hydrogen) atoms. The van der Waals surface area contributed by atoms with E-state index in [9.17, 15) is 9.59 Å². The molecule has 0 aliphatic carbocycles. The van der Waals surface area contributed by atoms with Crippen LogP contribution in [0.5, 0.6) is 0 Å². The van der Waals surface area contributed by atoms with Gasteiger partial charge in [0.15, 0.2) is 0 Å². The van der Waals surface area contributed by atoms with Gasteiger partial charge in [0.05, 0.1) is 0 Å². The first-order chi connectivity index (χ1) is 9.18. The van der Waals surface area contributed by atoms with Gasteiger partial charge in [0, 0.05) is 19.3 Å². The van der Waals surface area contributed by atoms with E-state index in [4.69, 9.17) is 0 Å². The Morgan fingerprint density at radius 3 is 2.63 bits per heavy atom. The molecule has 2 amide bonds. The van der Waals surface area contributed by atoms with Gasteiger partial charge in [0.2, 0.25) is 5.91 Å². The highest BCUT2D eigenvalue weighted by atomic mass is 16.2. The van der Waals surface area contributed by atoms with Crippen LogP contribution in [0.25, 0.3) is 0 Å². The molecule has 5 nitrogen and oxygen atoms in total.